The van der Waals surface area contributed by atoms with E-state index in [-0.39, 0.29) is 0 Å². The molecule has 0 atom stereocenters. The molecule has 0 spiro atoms. The van der Waals surface area contributed by atoms with Crippen molar-refractivity contribution in [1.82, 2.24) is 15.1 Å². The van der Waals surface area contributed by atoms with Crippen LogP contribution in [0.3, 0.4) is 0 Å². The van der Waals surface area contributed by atoms with E-state index in [4.69, 9.17) is 0 Å². The van der Waals surface area contributed by atoms with Crippen LogP contribution in [0, 0.1) is 0 Å². The Morgan fingerprint density at radius 3 is 2.93 bits per heavy atom. The van der Waals surface area contributed by atoms with Gasteiger partial charge < -0.3 is 5.32 Å². The van der Waals surface area contributed by atoms with Crippen LogP contribution in [0.4, 0.5) is 0 Å². The summed E-state index contributed by atoms with van der Waals surface area (Å²) in [5.41, 5.74) is 2.71. The van der Waals surface area contributed by atoms with Gasteiger partial charge in [-0.1, -0.05) is 0 Å². The van der Waals surface area contributed by atoms with Crippen LogP contribution in [0.5, 0.6) is 0 Å². The van der Waals surface area contributed by atoms with Crippen LogP contribution in [-0.4, -0.2) is 22.6 Å². The molecule has 1 aliphatic heterocycles. The summed E-state index contributed by atoms with van der Waals surface area (Å²) in [5, 5.41) is 9.41. The fourth-order valence-corrected chi connectivity index (χ4v) is 2.74. The fraction of sp³-hybridized carbons (Fsp3) is 0.700. The summed E-state index contributed by atoms with van der Waals surface area (Å²) in [6, 6.07) is 0.461. The summed E-state index contributed by atoms with van der Waals surface area (Å²) < 4.78 is 2.16. The minimum absolute atomic E-state index is 0.461. The second kappa shape index (κ2) is 3.95. The van der Waals surface area contributed by atoms with Gasteiger partial charge in [-0.15, -0.1) is 11.8 Å². The van der Waals surface area contributed by atoms with Gasteiger partial charge >= 0.3 is 0 Å². The molecule has 1 N–H and O–H groups in total. The fourth-order valence-electron chi connectivity index (χ4n) is 1.86. The quantitative estimate of drug-likeness (QED) is 0.757. The van der Waals surface area contributed by atoms with Crippen molar-refractivity contribution in [3.05, 3.63) is 11.3 Å². The van der Waals surface area contributed by atoms with Gasteiger partial charge in [0.2, 0.25) is 0 Å². The number of nitrogens with zero attached hydrogens (tertiary/aromatic N) is 2. The lowest BCUT2D eigenvalue weighted by Gasteiger charge is -2.12. The summed E-state index contributed by atoms with van der Waals surface area (Å²) in [4.78, 5) is 0. The summed E-state index contributed by atoms with van der Waals surface area (Å²) in [5.74, 6) is 0. The van der Waals surface area contributed by atoms with E-state index < -0.39 is 0 Å². The lowest BCUT2D eigenvalue weighted by atomic mass is 10.1. The Morgan fingerprint density at radius 1 is 1.50 bits per heavy atom. The molecule has 0 saturated carbocycles. The number of fused-ring (bicyclic) bond motifs is 1. The Bertz CT molecular complexity index is 330. The molecule has 14 heavy (non-hydrogen) atoms. The topological polar surface area (TPSA) is 29.9 Å². The highest BCUT2D eigenvalue weighted by atomic mass is 32.2. The molecule has 2 heterocycles. The zero-order chi connectivity index (χ0) is 10.1. The molecule has 0 aromatic carbocycles. The van der Waals surface area contributed by atoms with E-state index in [0.717, 1.165) is 19.5 Å². The van der Waals surface area contributed by atoms with Crippen LogP contribution in [0.25, 0.3) is 0 Å². The monoisotopic (exact) mass is 211 g/mol. The Labute approximate surface area is 89.3 Å². The van der Waals surface area contributed by atoms with E-state index in [1.807, 2.05) is 0 Å². The summed E-state index contributed by atoms with van der Waals surface area (Å²) in [6.45, 7) is 6.42. The van der Waals surface area contributed by atoms with Crippen LogP contribution >= 0.6 is 11.8 Å². The largest absolute Gasteiger partial charge is 0.312 e. The molecule has 0 aliphatic carbocycles. The van der Waals surface area contributed by atoms with Gasteiger partial charge in [0.25, 0.3) is 0 Å². The van der Waals surface area contributed by atoms with Crippen molar-refractivity contribution in [2.45, 2.75) is 37.9 Å². The van der Waals surface area contributed by atoms with Crippen molar-refractivity contribution in [3.8, 4) is 0 Å². The van der Waals surface area contributed by atoms with Crippen LogP contribution in [0.2, 0.25) is 0 Å². The first kappa shape index (κ1) is 10.1. The molecule has 4 heteroatoms. The summed E-state index contributed by atoms with van der Waals surface area (Å²) in [7, 11) is 0. The van der Waals surface area contributed by atoms with E-state index in [1.165, 1.54) is 16.3 Å². The van der Waals surface area contributed by atoms with E-state index in [9.17, 15) is 0 Å². The molecule has 0 amide bonds. The van der Waals surface area contributed by atoms with Gasteiger partial charge in [0.1, 0.15) is 0 Å². The van der Waals surface area contributed by atoms with Crippen LogP contribution in [0.1, 0.15) is 31.1 Å². The first-order chi connectivity index (χ1) is 6.74. The predicted octanol–water partition coefficient (Wildman–Crippen LogP) is 1.83. The number of hydrogen-bond acceptors (Lipinski definition) is 3. The van der Waals surface area contributed by atoms with Crippen molar-refractivity contribution in [1.29, 1.82) is 0 Å². The SMILES string of the molecule is CSc1c2c(nn1C(C)C)CCNC2. The minimum atomic E-state index is 0.461. The predicted molar refractivity (Wildman–Crippen MR) is 59.8 cm³/mol. The second-order valence-electron chi connectivity index (χ2n) is 3.90. The zero-order valence-electron chi connectivity index (χ0n) is 9.00. The highest BCUT2D eigenvalue weighted by molar-refractivity contribution is 7.98. The van der Waals surface area contributed by atoms with Gasteiger partial charge in [-0.3, -0.25) is 4.68 Å². The van der Waals surface area contributed by atoms with Crippen molar-refractivity contribution in [2.24, 2.45) is 0 Å². The van der Waals surface area contributed by atoms with Crippen molar-refractivity contribution in [2.75, 3.05) is 12.8 Å². The third-order valence-corrected chi connectivity index (χ3v) is 3.39. The summed E-state index contributed by atoms with van der Waals surface area (Å²) in [6.07, 6.45) is 3.20. The third kappa shape index (κ3) is 1.57. The minimum Gasteiger partial charge on any atom is -0.312 e. The Kier molecular flexibility index (Phi) is 2.83. The third-order valence-electron chi connectivity index (χ3n) is 2.57. The number of rotatable bonds is 2. The average molecular weight is 211 g/mol. The van der Waals surface area contributed by atoms with Gasteiger partial charge in [-0.25, -0.2) is 0 Å². The molecule has 1 aromatic rings. The Morgan fingerprint density at radius 2 is 2.29 bits per heavy atom. The first-order valence-corrected chi connectivity index (χ1v) is 6.31. The molecule has 0 saturated heterocycles. The van der Waals surface area contributed by atoms with Crippen LogP contribution in [-0.2, 0) is 13.0 Å². The van der Waals surface area contributed by atoms with Crippen molar-refractivity contribution >= 4 is 11.8 Å². The first-order valence-electron chi connectivity index (χ1n) is 5.09. The normalized spacial score (nSPS) is 16.0. The van der Waals surface area contributed by atoms with Crippen molar-refractivity contribution in [3.63, 3.8) is 0 Å². The van der Waals surface area contributed by atoms with Crippen LogP contribution < -0.4 is 5.32 Å². The zero-order valence-corrected chi connectivity index (χ0v) is 9.82. The number of nitrogens with one attached hydrogen (secondary N) is 1. The Balaban J connectivity index is 2.46. The number of thioether (sulfide) groups is 1. The molecule has 78 valence electrons. The molecule has 0 bridgehead atoms. The Hall–Kier alpha value is -0.480. The van der Waals surface area contributed by atoms with E-state index in [1.54, 1.807) is 11.8 Å². The smallest absolute Gasteiger partial charge is 0.0988 e. The molecule has 3 nitrogen and oxygen atoms in total. The van der Waals surface area contributed by atoms with Gasteiger partial charge in [0.15, 0.2) is 0 Å². The molecule has 1 aromatic heterocycles. The van der Waals surface area contributed by atoms with Gasteiger partial charge in [-0.05, 0) is 20.1 Å². The second-order valence-corrected chi connectivity index (χ2v) is 4.69. The van der Waals surface area contributed by atoms with Gasteiger partial charge in [-0.2, -0.15) is 5.10 Å². The maximum atomic E-state index is 4.68. The van der Waals surface area contributed by atoms with Gasteiger partial charge in [0, 0.05) is 31.1 Å². The highest BCUT2D eigenvalue weighted by Gasteiger charge is 2.20. The van der Waals surface area contributed by atoms with Crippen molar-refractivity contribution < 1.29 is 0 Å². The maximum Gasteiger partial charge on any atom is 0.0988 e. The molecule has 0 radical (unpaired) electrons. The van der Waals surface area contributed by atoms with Gasteiger partial charge in [0.05, 0.1) is 10.7 Å². The lowest BCUT2D eigenvalue weighted by Crippen LogP contribution is -2.23. The molecule has 0 unspecified atom stereocenters. The standard InChI is InChI=1S/C10H17N3S/c1-7(2)13-10(14-3)8-6-11-5-4-9(8)12-13/h7,11H,4-6H2,1-3H3. The summed E-state index contributed by atoms with van der Waals surface area (Å²) >= 11 is 1.81. The molecular formula is C10H17N3S. The molecular weight excluding hydrogens is 194 g/mol. The molecule has 0 fully saturated rings. The van der Waals surface area contributed by atoms with E-state index >= 15 is 0 Å². The lowest BCUT2D eigenvalue weighted by molar-refractivity contribution is 0.488. The van der Waals surface area contributed by atoms with Crippen LogP contribution in [0.15, 0.2) is 5.03 Å². The average Bonchev–Trinajstić information content (AvgIpc) is 2.56. The molecule has 2 rings (SSSR count). The number of hydrogen-bond donors (Lipinski definition) is 1. The van der Waals surface area contributed by atoms with E-state index in [2.05, 4.69) is 35.2 Å². The van der Waals surface area contributed by atoms with E-state index in [0.29, 0.717) is 6.04 Å². The maximum absolute atomic E-state index is 4.68. The molecule has 1 aliphatic rings. The highest BCUT2D eigenvalue weighted by Crippen LogP contribution is 2.28. The number of aromatic nitrogens is 2.